The second kappa shape index (κ2) is 4.41. The third-order valence-corrected chi connectivity index (χ3v) is 2.28. The van der Waals surface area contributed by atoms with E-state index in [4.69, 9.17) is 10.3 Å². The van der Waals surface area contributed by atoms with Crippen molar-refractivity contribution in [2.24, 2.45) is 5.73 Å². The van der Waals surface area contributed by atoms with Crippen LogP contribution in [0, 0.1) is 0 Å². The first-order chi connectivity index (χ1) is 8.38. The van der Waals surface area contributed by atoms with Crippen molar-refractivity contribution >= 4 is 0 Å². The lowest BCUT2D eigenvalue weighted by molar-refractivity contribution is -0.137. The fourth-order valence-electron chi connectivity index (χ4n) is 1.37. The maximum atomic E-state index is 12.5. The van der Waals surface area contributed by atoms with Gasteiger partial charge >= 0.3 is 6.18 Å². The molecular formula is C11H10F3N3O. The summed E-state index contributed by atoms with van der Waals surface area (Å²) in [7, 11) is 0. The molecule has 0 bridgehead atoms. The van der Waals surface area contributed by atoms with Crippen LogP contribution in [0.15, 0.2) is 28.8 Å². The first-order valence-electron chi connectivity index (χ1n) is 5.15. The van der Waals surface area contributed by atoms with Crippen LogP contribution in [0.25, 0.3) is 11.4 Å². The molecular weight excluding hydrogens is 247 g/mol. The monoisotopic (exact) mass is 257 g/mol. The molecule has 1 atom stereocenters. The maximum Gasteiger partial charge on any atom is 0.416 e. The molecule has 0 radical (unpaired) electrons. The highest BCUT2D eigenvalue weighted by molar-refractivity contribution is 5.55. The molecule has 0 spiro atoms. The molecule has 1 aromatic heterocycles. The van der Waals surface area contributed by atoms with Crippen LogP contribution in [-0.4, -0.2) is 10.1 Å². The molecule has 4 nitrogen and oxygen atoms in total. The van der Waals surface area contributed by atoms with Gasteiger partial charge in [0.2, 0.25) is 11.7 Å². The van der Waals surface area contributed by atoms with Crippen LogP contribution in [0.2, 0.25) is 0 Å². The van der Waals surface area contributed by atoms with Gasteiger partial charge in [-0.2, -0.15) is 18.2 Å². The summed E-state index contributed by atoms with van der Waals surface area (Å²) >= 11 is 0. The number of nitrogens with zero attached hydrogens (tertiary/aromatic N) is 2. The van der Waals surface area contributed by atoms with Crippen molar-refractivity contribution in [1.82, 2.24) is 10.1 Å². The van der Waals surface area contributed by atoms with Gasteiger partial charge in [0.05, 0.1) is 11.6 Å². The first kappa shape index (κ1) is 12.6. The lowest BCUT2D eigenvalue weighted by atomic mass is 10.1. The van der Waals surface area contributed by atoms with E-state index in [0.717, 1.165) is 12.1 Å². The molecule has 18 heavy (non-hydrogen) atoms. The van der Waals surface area contributed by atoms with E-state index in [1.54, 1.807) is 6.92 Å². The highest BCUT2D eigenvalue weighted by Crippen LogP contribution is 2.31. The second-order valence-electron chi connectivity index (χ2n) is 3.82. The van der Waals surface area contributed by atoms with Gasteiger partial charge in [0.1, 0.15) is 0 Å². The van der Waals surface area contributed by atoms with Gasteiger partial charge in [-0.3, -0.25) is 0 Å². The van der Waals surface area contributed by atoms with Crippen LogP contribution < -0.4 is 5.73 Å². The van der Waals surface area contributed by atoms with E-state index in [0.29, 0.717) is 0 Å². The summed E-state index contributed by atoms with van der Waals surface area (Å²) in [5, 5.41) is 3.60. The Labute approximate surface area is 101 Å². The summed E-state index contributed by atoms with van der Waals surface area (Å²) in [6.45, 7) is 1.64. The van der Waals surface area contributed by atoms with Gasteiger partial charge in [-0.25, -0.2) is 0 Å². The second-order valence-corrected chi connectivity index (χ2v) is 3.82. The minimum atomic E-state index is -4.40. The van der Waals surface area contributed by atoms with Crippen LogP contribution in [0.5, 0.6) is 0 Å². The molecule has 0 aliphatic carbocycles. The molecule has 0 saturated carbocycles. The molecule has 2 N–H and O–H groups in total. The van der Waals surface area contributed by atoms with Gasteiger partial charge in [-0.05, 0) is 19.1 Å². The van der Waals surface area contributed by atoms with Gasteiger partial charge in [0.25, 0.3) is 0 Å². The van der Waals surface area contributed by atoms with E-state index in [1.165, 1.54) is 12.1 Å². The Morgan fingerprint density at radius 3 is 2.61 bits per heavy atom. The molecule has 1 heterocycles. The third kappa shape index (κ3) is 2.51. The number of alkyl halides is 3. The van der Waals surface area contributed by atoms with E-state index in [1.807, 2.05) is 0 Å². The van der Waals surface area contributed by atoms with Crippen molar-refractivity contribution in [3.05, 3.63) is 35.7 Å². The quantitative estimate of drug-likeness (QED) is 0.898. The molecule has 0 amide bonds. The molecule has 1 aromatic carbocycles. The summed E-state index contributed by atoms with van der Waals surface area (Å²) < 4.78 is 42.4. The number of hydrogen-bond donors (Lipinski definition) is 1. The Hall–Kier alpha value is -1.89. The van der Waals surface area contributed by atoms with Gasteiger partial charge in [-0.15, -0.1) is 0 Å². The van der Waals surface area contributed by atoms with Crippen molar-refractivity contribution in [3.63, 3.8) is 0 Å². The smallest absolute Gasteiger partial charge is 0.337 e. The van der Waals surface area contributed by atoms with Crippen molar-refractivity contribution in [1.29, 1.82) is 0 Å². The summed E-state index contributed by atoms with van der Waals surface area (Å²) in [5.74, 6) is 0.274. The Morgan fingerprint density at radius 2 is 2.06 bits per heavy atom. The van der Waals surface area contributed by atoms with Gasteiger partial charge in [0, 0.05) is 5.56 Å². The molecule has 0 aliphatic rings. The lowest BCUT2D eigenvalue weighted by Gasteiger charge is -2.06. The molecule has 0 aliphatic heterocycles. The van der Waals surface area contributed by atoms with Crippen molar-refractivity contribution < 1.29 is 17.7 Å². The fourth-order valence-corrected chi connectivity index (χ4v) is 1.37. The Kier molecular flexibility index (Phi) is 3.08. The third-order valence-electron chi connectivity index (χ3n) is 2.28. The minimum absolute atomic E-state index is 0.0911. The van der Waals surface area contributed by atoms with Crippen LogP contribution in [0.3, 0.4) is 0 Å². The summed E-state index contributed by atoms with van der Waals surface area (Å²) in [6, 6.07) is 4.26. The molecule has 0 saturated heterocycles. The SMILES string of the molecule is C[C@@H](N)c1nc(-c2cccc(C(F)(F)F)c2)no1. The number of benzene rings is 1. The molecule has 2 aromatic rings. The highest BCUT2D eigenvalue weighted by atomic mass is 19.4. The number of halogens is 3. The van der Waals surface area contributed by atoms with Gasteiger partial charge in [0.15, 0.2) is 0 Å². The zero-order chi connectivity index (χ0) is 13.3. The largest absolute Gasteiger partial charge is 0.416 e. The average Bonchev–Trinajstić information content (AvgIpc) is 2.77. The molecule has 0 unspecified atom stereocenters. The molecule has 7 heteroatoms. The normalized spacial score (nSPS) is 13.6. The predicted molar refractivity (Wildman–Crippen MR) is 57.3 cm³/mol. The van der Waals surface area contributed by atoms with Gasteiger partial charge in [-0.1, -0.05) is 17.3 Å². The molecule has 0 fully saturated rings. The molecule has 2 rings (SSSR count). The standard InChI is InChI=1S/C11H10F3N3O/c1-6(15)10-16-9(17-18-10)7-3-2-4-8(5-7)11(12,13)14/h2-6H,15H2,1H3/t6-/m1/s1. The topological polar surface area (TPSA) is 64.9 Å². The number of hydrogen-bond acceptors (Lipinski definition) is 4. The zero-order valence-electron chi connectivity index (χ0n) is 9.40. The summed E-state index contributed by atoms with van der Waals surface area (Å²) in [5.41, 5.74) is 5.01. The zero-order valence-corrected chi connectivity index (χ0v) is 9.40. The number of nitrogens with two attached hydrogens (primary N) is 1. The fraction of sp³-hybridized carbons (Fsp3) is 0.273. The Morgan fingerprint density at radius 1 is 1.33 bits per heavy atom. The summed E-state index contributed by atoms with van der Waals surface area (Å²) in [4.78, 5) is 3.93. The van der Waals surface area contributed by atoms with Crippen molar-refractivity contribution in [2.45, 2.75) is 19.1 Å². The number of rotatable bonds is 2. The summed E-state index contributed by atoms with van der Waals surface area (Å²) in [6.07, 6.45) is -4.40. The molecule has 96 valence electrons. The van der Waals surface area contributed by atoms with E-state index in [2.05, 4.69) is 10.1 Å². The minimum Gasteiger partial charge on any atom is -0.337 e. The average molecular weight is 257 g/mol. The maximum absolute atomic E-state index is 12.5. The van der Waals surface area contributed by atoms with Crippen LogP contribution in [-0.2, 0) is 6.18 Å². The van der Waals surface area contributed by atoms with Gasteiger partial charge < -0.3 is 10.3 Å². The van der Waals surface area contributed by atoms with E-state index in [9.17, 15) is 13.2 Å². The highest BCUT2D eigenvalue weighted by Gasteiger charge is 2.30. The first-order valence-corrected chi connectivity index (χ1v) is 5.15. The van der Waals surface area contributed by atoms with Crippen LogP contribution in [0.4, 0.5) is 13.2 Å². The lowest BCUT2D eigenvalue weighted by Crippen LogP contribution is -2.05. The number of aromatic nitrogens is 2. The Bertz CT molecular complexity index is 548. The van der Waals surface area contributed by atoms with E-state index in [-0.39, 0.29) is 17.3 Å². The Balaban J connectivity index is 2.38. The van der Waals surface area contributed by atoms with Crippen LogP contribution in [0.1, 0.15) is 24.4 Å². The van der Waals surface area contributed by atoms with E-state index < -0.39 is 17.8 Å². The van der Waals surface area contributed by atoms with Crippen molar-refractivity contribution in [2.75, 3.05) is 0 Å². The van der Waals surface area contributed by atoms with Crippen molar-refractivity contribution in [3.8, 4) is 11.4 Å². The van der Waals surface area contributed by atoms with E-state index >= 15 is 0 Å². The predicted octanol–water partition coefficient (Wildman–Crippen LogP) is 2.78. The van der Waals surface area contributed by atoms with Crippen LogP contribution >= 0.6 is 0 Å².